The number of hydrogen-bond acceptors (Lipinski definition) is 3. The van der Waals surface area contributed by atoms with Crippen molar-refractivity contribution in [3.05, 3.63) is 24.3 Å². The highest BCUT2D eigenvalue weighted by Gasteiger charge is 2.20. The van der Waals surface area contributed by atoms with Gasteiger partial charge in [-0.05, 0) is 36.2 Å². The fourth-order valence-corrected chi connectivity index (χ4v) is 1.39. The number of nitrogens with two attached hydrogens (primary N) is 1. The molecule has 94 valence electrons. The second-order valence-electron chi connectivity index (χ2n) is 4.82. The Labute approximate surface area is 102 Å². The van der Waals surface area contributed by atoms with Gasteiger partial charge in [-0.15, -0.1) is 0 Å². The highest BCUT2D eigenvalue weighted by atomic mass is 16.5. The van der Waals surface area contributed by atoms with E-state index in [1.54, 1.807) is 7.11 Å². The van der Waals surface area contributed by atoms with Gasteiger partial charge in [-0.1, -0.05) is 13.8 Å². The van der Waals surface area contributed by atoms with Gasteiger partial charge in [0.2, 0.25) is 5.91 Å². The molecule has 0 radical (unpaired) electrons. The Hall–Kier alpha value is -1.55. The predicted molar refractivity (Wildman–Crippen MR) is 69.1 cm³/mol. The molecule has 0 aliphatic carbocycles. The Morgan fingerprint density at radius 3 is 2.41 bits per heavy atom. The molecular weight excluding hydrogens is 216 g/mol. The molecule has 3 N–H and O–H groups in total. The maximum atomic E-state index is 11.7. The lowest BCUT2D eigenvalue weighted by atomic mass is 9.89. The molecule has 0 bridgehead atoms. The number of carbonyl (C=O) groups is 1. The summed E-state index contributed by atoms with van der Waals surface area (Å²) in [6, 6.07) is 7.24. The quantitative estimate of drug-likeness (QED) is 0.822. The number of ether oxygens (including phenoxy) is 1. The summed E-state index contributed by atoms with van der Waals surface area (Å²) in [6.07, 6.45) is 0.412. The highest BCUT2D eigenvalue weighted by Crippen LogP contribution is 2.20. The number of benzene rings is 1. The van der Waals surface area contributed by atoms with Crippen molar-refractivity contribution in [2.75, 3.05) is 19.0 Å². The zero-order valence-corrected chi connectivity index (χ0v) is 10.6. The summed E-state index contributed by atoms with van der Waals surface area (Å²) in [6.45, 7) is 4.43. The van der Waals surface area contributed by atoms with Crippen molar-refractivity contribution in [2.24, 2.45) is 11.1 Å². The number of amides is 1. The van der Waals surface area contributed by atoms with E-state index in [0.29, 0.717) is 13.0 Å². The van der Waals surface area contributed by atoms with Gasteiger partial charge in [0, 0.05) is 12.1 Å². The van der Waals surface area contributed by atoms with E-state index in [2.05, 4.69) is 5.32 Å². The molecule has 0 aromatic heterocycles. The molecule has 0 aliphatic heterocycles. The Kier molecular flexibility index (Phi) is 4.52. The first kappa shape index (κ1) is 13.5. The lowest BCUT2D eigenvalue weighted by molar-refractivity contribution is -0.117. The summed E-state index contributed by atoms with van der Waals surface area (Å²) in [7, 11) is 1.61. The van der Waals surface area contributed by atoms with Gasteiger partial charge in [0.1, 0.15) is 5.75 Å². The van der Waals surface area contributed by atoms with Crippen molar-refractivity contribution in [3.8, 4) is 5.75 Å². The molecule has 1 rings (SSSR count). The normalized spacial score (nSPS) is 11.1. The van der Waals surface area contributed by atoms with Crippen LogP contribution in [0.3, 0.4) is 0 Å². The summed E-state index contributed by atoms with van der Waals surface area (Å²) >= 11 is 0. The number of anilines is 1. The Morgan fingerprint density at radius 2 is 1.94 bits per heavy atom. The lowest BCUT2D eigenvalue weighted by Gasteiger charge is -2.21. The third-order valence-corrected chi connectivity index (χ3v) is 2.57. The zero-order chi connectivity index (χ0) is 12.9. The third kappa shape index (κ3) is 4.44. The van der Waals surface area contributed by atoms with Crippen molar-refractivity contribution in [1.29, 1.82) is 0 Å². The van der Waals surface area contributed by atoms with Crippen LogP contribution in [-0.4, -0.2) is 19.6 Å². The predicted octanol–water partition coefficient (Wildman–Crippen LogP) is 2.01. The average molecular weight is 236 g/mol. The first-order chi connectivity index (χ1) is 7.96. The van der Waals surface area contributed by atoms with Crippen LogP contribution >= 0.6 is 0 Å². The minimum absolute atomic E-state index is 0.0226. The van der Waals surface area contributed by atoms with Crippen LogP contribution in [0.1, 0.15) is 20.3 Å². The van der Waals surface area contributed by atoms with E-state index in [1.165, 1.54) is 0 Å². The van der Waals surface area contributed by atoms with Crippen LogP contribution in [0, 0.1) is 5.41 Å². The highest BCUT2D eigenvalue weighted by molar-refractivity contribution is 5.91. The third-order valence-electron chi connectivity index (χ3n) is 2.57. The van der Waals surface area contributed by atoms with E-state index in [-0.39, 0.29) is 11.3 Å². The van der Waals surface area contributed by atoms with Gasteiger partial charge < -0.3 is 15.8 Å². The Bertz CT molecular complexity index is 372. The van der Waals surface area contributed by atoms with Crippen molar-refractivity contribution in [2.45, 2.75) is 20.3 Å². The molecule has 1 amide bonds. The van der Waals surface area contributed by atoms with Gasteiger partial charge in [0.25, 0.3) is 0 Å². The van der Waals surface area contributed by atoms with Crippen molar-refractivity contribution < 1.29 is 9.53 Å². The van der Waals surface area contributed by atoms with Gasteiger partial charge in [0.15, 0.2) is 0 Å². The average Bonchev–Trinajstić information content (AvgIpc) is 2.29. The van der Waals surface area contributed by atoms with Crippen LogP contribution in [0.4, 0.5) is 5.69 Å². The van der Waals surface area contributed by atoms with E-state index >= 15 is 0 Å². The second kappa shape index (κ2) is 5.68. The van der Waals surface area contributed by atoms with Gasteiger partial charge in [-0.2, -0.15) is 0 Å². The molecule has 0 heterocycles. The molecule has 1 aromatic rings. The topological polar surface area (TPSA) is 64.3 Å². The van der Waals surface area contributed by atoms with Gasteiger partial charge >= 0.3 is 0 Å². The molecule has 0 spiro atoms. The first-order valence-corrected chi connectivity index (χ1v) is 5.61. The number of carbonyl (C=O) groups excluding carboxylic acids is 1. The number of nitrogens with one attached hydrogen (secondary N) is 1. The molecule has 0 unspecified atom stereocenters. The van der Waals surface area contributed by atoms with Crippen molar-refractivity contribution in [1.82, 2.24) is 0 Å². The summed E-state index contributed by atoms with van der Waals surface area (Å²) < 4.78 is 5.04. The van der Waals surface area contributed by atoms with Gasteiger partial charge in [-0.25, -0.2) is 0 Å². The number of rotatable bonds is 5. The molecule has 1 aromatic carbocycles. The molecule has 0 saturated carbocycles. The number of methoxy groups -OCH3 is 1. The smallest absolute Gasteiger partial charge is 0.224 e. The molecular formula is C13H20N2O2. The molecule has 0 saturated heterocycles. The largest absolute Gasteiger partial charge is 0.497 e. The van der Waals surface area contributed by atoms with Crippen LogP contribution in [0.25, 0.3) is 0 Å². The fraction of sp³-hybridized carbons (Fsp3) is 0.462. The minimum atomic E-state index is -0.170. The summed E-state index contributed by atoms with van der Waals surface area (Å²) in [5.74, 6) is 0.746. The van der Waals surface area contributed by atoms with E-state index in [4.69, 9.17) is 10.5 Å². The second-order valence-corrected chi connectivity index (χ2v) is 4.82. The summed E-state index contributed by atoms with van der Waals surface area (Å²) in [5.41, 5.74) is 6.19. The Morgan fingerprint density at radius 1 is 1.35 bits per heavy atom. The zero-order valence-electron chi connectivity index (χ0n) is 10.6. The molecule has 0 fully saturated rings. The van der Waals surface area contributed by atoms with Crippen LogP contribution in [0.15, 0.2) is 24.3 Å². The molecule has 4 heteroatoms. The molecule has 0 atom stereocenters. The molecule has 4 nitrogen and oxygen atoms in total. The summed E-state index contributed by atoms with van der Waals surface area (Å²) in [5, 5.41) is 2.83. The first-order valence-electron chi connectivity index (χ1n) is 5.61. The van der Waals surface area contributed by atoms with Crippen LogP contribution in [0.2, 0.25) is 0 Å². The minimum Gasteiger partial charge on any atom is -0.497 e. The van der Waals surface area contributed by atoms with Gasteiger partial charge in [-0.3, -0.25) is 4.79 Å². The Balaban J connectivity index is 2.56. The summed E-state index contributed by atoms with van der Waals surface area (Å²) in [4.78, 5) is 11.7. The van der Waals surface area contributed by atoms with Crippen molar-refractivity contribution >= 4 is 11.6 Å². The fourth-order valence-electron chi connectivity index (χ4n) is 1.39. The maximum absolute atomic E-state index is 11.7. The van der Waals surface area contributed by atoms with Crippen LogP contribution < -0.4 is 15.8 Å². The monoisotopic (exact) mass is 236 g/mol. The van der Waals surface area contributed by atoms with Crippen molar-refractivity contribution in [3.63, 3.8) is 0 Å². The van der Waals surface area contributed by atoms with E-state index in [1.807, 2.05) is 38.1 Å². The van der Waals surface area contributed by atoms with E-state index < -0.39 is 0 Å². The maximum Gasteiger partial charge on any atom is 0.224 e. The van der Waals surface area contributed by atoms with E-state index in [0.717, 1.165) is 11.4 Å². The molecule has 17 heavy (non-hydrogen) atoms. The number of hydrogen-bond donors (Lipinski definition) is 2. The van der Waals surface area contributed by atoms with Crippen LogP contribution in [0.5, 0.6) is 5.75 Å². The van der Waals surface area contributed by atoms with Gasteiger partial charge in [0.05, 0.1) is 7.11 Å². The standard InChI is InChI=1S/C13H20N2O2/c1-13(2,9-14)8-12(16)15-10-4-6-11(17-3)7-5-10/h4-7H,8-9,14H2,1-3H3,(H,15,16). The van der Waals surface area contributed by atoms with Crippen LogP contribution in [-0.2, 0) is 4.79 Å². The van der Waals surface area contributed by atoms with E-state index in [9.17, 15) is 4.79 Å². The lowest BCUT2D eigenvalue weighted by Crippen LogP contribution is -2.29. The molecule has 0 aliphatic rings. The SMILES string of the molecule is COc1ccc(NC(=O)CC(C)(C)CN)cc1.